The number of nitrogens with one attached hydrogen (secondary N) is 1. The molecule has 3 rings (SSSR count). The smallest absolute Gasteiger partial charge is 0.243 e. The van der Waals surface area contributed by atoms with E-state index in [1.54, 1.807) is 30.3 Å². The van der Waals surface area contributed by atoms with Crippen molar-refractivity contribution >= 4 is 15.9 Å². The van der Waals surface area contributed by atoms with Crippen LogP contribution in [0.25, 0.3) is 0 Å². The molecular weight excluding hydrogens is 374 g/mol. The topological polar surface area (TPSA) is 69.7 Å². The van der Waals surface area contributed by atoms with Crippen molar-refractivity contribution in [3.8, 4) is 0 Å². The van der Waals surface area contributed by atoms with Crippen molar-refractivity contribution in [2.24, 2.45) is 11.8 Å². The van der Waals surface area contributed by atoms with Gasteiger partial charge in [0.1, 0.15) is 0 Å². The first-order valence-electron chi connectivity index (χ1n) is 10.5. The summed E-state index contributed by atoms with van der Waals surface area (Å²) >= 11 is 0. The summed E-state index contributed by atoms with van der Waals surface area (Å²) < 4.78 is 27.1. The second-order valence-corrected chi connectivity index (χ2v) is 10.1. The van der Waals surface area contributed by atoms with E-state index in [1.165, 1.54) is 17.1 Å². The first kappa shape index (κ1) is 21.3. The van der Waals surface area contributed by atoms with Crippen molar-refractivity contribution in [2.45, 2.75) is 43.9 Å². The molecule has 2 fully saturated rings. The molecule has 2 heterocycles. The Kier molecular flexibility index (Phi) is 7.48. The average Bonchev–Trinajstić information content (AvgIpc) is 2.73. The summed E-state index contributed by atoms with van der Waals surface area (Å²) in [6.45, 7) is 7.05. The van der Waals surface area contributed by atoms with E-state index < -0.39 is 10.0 Å². The van der Waals surface area contributed by atoms with E-state index in [2.05, 4.69) is 17.1 Å². The Bertz CT molecular complexity index is 731. The van der Waals surface area contributed by atoms with Crippen LogP contribution in [0.4, 0.5) is 0 Å². The van der Waals surface area contributed by atoms with Gasteiger partial charge in [0.05, 0.1) is 10.8 Å². The second kappa shape index (κ2) is 9.85. The number of rotatable bonds is 7. The quantitative estimate of drug-likeness (QED) is 0.705. The molecule has 0 saturated carbocycles. The number of hydrogen-bond donors (Lipinski definition) is 1. The van der Waals surface area contributed by atoms with Crippen molar-refractivity contribution in [2.75, 3.05) is 39.3 Å². The molecule has 7 heteroatoms. The van der Waals surface area contributed by atoms with Gasteiger partial charge < -0.3 is 10.2 Å². The van der Waals surface area contributed by atoms with Gasteiger partial charge >= 0.3 is 0 Å². The highest BCUT2D eigenvalue weighted by Crippen LogP contribution is 2.23. The van der Waals surface area contributed by atoms with Gasteiger partial charge in [0.25, 0.3) is 0 Å². The van der Waals surface area contributed by atoms with Gasteiger partial charge in [0.2, 0.25) is 15.9 Å². The summed E-state index contributed by atoms with van der Waals surface area (Å²) in [5.41, 5.74) is 0. The highest BCUT2D eigenvalue weighted by molar-refractivity contribution is 7.89. The van der Waals surface area contributed by atoms with E-state index in [4.69, 9.17) is 0 Å². The molecule has 1 atom stereocenters. The molecule has 1 amide bonds. The van der Waals surface area contributed by atoms with Crippen LogP contribution in [0.15, 0.2) is 35.2 Å². The van der Waals surface area contributed by atoms with E-state index in [0.717, 1.165) is 44.8 Å². The lowest BCUT2D eigenvalue weighted by Gasteiger charge is -2.31. The number of hydrogen-bond acceptors (Lipinski definition) is 4. The monoisotopic (exact) mass is 407 g/mol. The van der Waals surface area contributed by atoms with Crippen molar-refractivity contribution < 1.29 is 13.2 Å². The first-order chi connectivity index (χ1) is 13.5. The van der Waals surface area contributed by atoms with Gasteiger partial charge in [0.15, 0.2) is 0 Å². The standard InChI is InChI=1S/C21H33N3O3S/c1-18-10-15-23(16-11-18)13-6-12-22-21(25)19-7-5-14-24(17-19)28(26,27)20-8-3-2-4-9-20/h2-4,8-9,18-19H,5-7,10-17H2,1H3,(H,22,25)/t19-/m1/s1. The minimum Gasteiger partial charge on any atom is -0.356 e. The Hall–Kier alpha value is -1.44. The Morgan fingerprint density at radius 1 is 1.11 bits per heavy atom. The number of piperidine rings is 2. The molecule has 0 bridgehead atoms. The molecule has 1 aromatic rings. The molecule has 1 aromatic carbocycles. The third kappa shape index (κ3) is 5.55. The highest BCUT2D eigenvalue weighted by atomic mass is 32.2. The Labute approximate surface area is 169 Å². The third-order valence-electron chi connectivity index (χ3n) is 5.96. The lowest BCUT2D eigenvalue weighted by molar-refractivity contribution is -0.126. The van der Waals surface area contributed by atoms with E-state index in [9.17, 15) is 13.2 Å². The van der Waals surface area contributed by atoms with Crippen LogP contribution in [0.1, 0.15) is 39.0 Å². The van der Waals surface area contributed by atoms with Crippen molar-refractivity contribution in [3.05, 3.63) is 30.3 Å². The summed E-state index contributed by atoms with van der Waals surface area (Å²) in [6.07, 6.45) is 4.94. The third-order valence-corrected chi connectivity index (χ3v) is 7.84. The number of likely N-dealkylation sites (tertiary alicyclic amines) is 1. The van der Waals surface area contributed by atoms with Crippen LogP contribution in [0.2, 0.25) is 0 Å². The lowest BCUT2D eigenvalue weighted by atomic mass is 9.98. The number of sulfonamides is 1. The average molecular weight is 408 g/mol. The van der Waals surface area contributed by atoms with Crippen LogP contribution >= 0.6 is 0 Å². The minimum atomic E-state index is -3.53. The maximum Gasteiger partial charge on any atom is 0.243 e. The zero-order valence-electron chi connectivity index (χ0n) is 16.8. The molecule has 2 aliphatic heterocycles. The fourth-order valence-electron chi connectivity index (χ4n) is 4.06. The summed E-state index contributed by atoms with van der Waals surface area (Å²) in [5, 5.41) is 3.03. The van der Waals surface area contributed by atoms with E-state index >= 15 is 0 Å². The molecule has 0 unspecified atom stereocenters. The fraction of sp³-hybridized carbons (Fsp3) is 0.667. The molecule has 28 heavy (non-hydrogen) atoms. The molecule has 0 spiro atoms. The zero-order valence-corrected chi connectivity index (χ0v) is 17.7. The predicted molar refractivity (Wildman–Crippen MR) is 110 cm³/mol. The number of carbonyl (C=O) groups excluding carboxylic acids is 1. The number of benzene rings is 1. The predicted octanol–water partition coefficient (Wildman–Crippen LogP) is 2.33. The van der Waals surface area contributed by atoms with Crippen LogP contribution in [0, 0.1) is 11.8 Å². The second-order valence-electron chi connectivity index (χ2n) is 8.18. The van der Waals surface area contributed by atoms with Crippen LogP contribution in [-0.4, -0.2) is 62.8 Å². The van der Waals surface area contributed by atoms with Crippen LogP contribution in [0.3, 0.4) is 0 Å². The van der Waals surface area contributed by atoms with Crippen LogP contribution in [0.5, 0.6) is 0 Å². The molecule has 2 aliphatic rings. The van der Waals surface area contributed by atoms with Gasteiger partial charge in [-0.25, -0.2) is 8.42 Å². The van der Waals surface area contributed by atoms with E-state index in [-0.39, 0.29) is 18.4 Å². The largest absolute Gasteiger partial charge is 0.356 e. The number of amides is 1. The van der Waals surface area contributed by atoms with E-state index in [1.807, 2.05) is 0 Å². The summed E-state index contributed by atoms with van der Waals surface area (Å²) in [6, 6.07) is 8.48. The Balaban J connectivity index is 1.44. The van der Waals surface area contributed by atoms with Crippen molar-refractivity contribution in [3.63, 3.8) is 0 Å². The molecule has 6 nitrogen and oxygen atoms in total. The maximum absolute atomic E-state index is 12.8. The number of carbonyl (C=O) groups is 1. The van der Waals surface area contributed by atoms with Crippen molar-refractivity contribution in [1.82, 2.24) is 14.5 Å². The SMILES string of the molecule is CC1CCN(CCCNC(=O)[C@@H]2CCCN(S(=O)(=O)c3ccccc3)C2)CC1. The molecule has 0 aromatic heterocycles. The summed E-state index contributed by atoms with van der Waals surface area (Å²) in [5.74, 6) is 0.556. The van der Waals surface area contributed by atoms with Crippen molar-refractivity contribution in [1.29, 1.82) is 0 Å². The Morgan fingerprint density at radius 2 is 1.82 bits per heavy atom. The fourth-order valence-corrected chi connectivity index (χ4v) is 5.61. The first-order valence-corrected chi connectivity index (χ1v) is 12.0. The molecule has 0 radical (unpaired) electrons. The molecule has 0 aliphatic carbocycles. The van der Waals surface area contributed by atoms with Crippen LogP contribution < -0.4 is 5.32 Å². The minimum absolute atomic E-state index is 0.0137. The lowest BCUT2D eigenvalue weighted by Crippen LogP contribution is -2.45. The summed E-state index contributed by atoms with van der Waals surface area (Å²) in [4.78, 5) is 15.3. The van der Waals surface area contributed by atoms with Gasteiger partial charge in [0, 0.05) is 19.6 Å². The normalized spacial score (nSPS) is 22.8. The highest BCUT2D eigenvalue weighted by Gasteiger charge is 2.33. The van der Waals surface area contributed by atoms with Gasteiger partial charge in [-0.2, -0.15) is 4.31 Å². The molecule has 1 N–H and O–H groups in total. The van der Waals surface area contributed by atoms with Gasteiger partial charge in [-0.15, -0.1) is 0 Å². The van der Waals surface area contributed by atoms with Gasteiger partial charge in [-0.3, -0.25) is 4.79 Å². The van der Waals surface area contributed by atoms with E-state index in [0.29, 0.717) is 18.0 Å². The molecule has 2 saturated heterocycles. The van der Waals surface area contributed by atoms with Gasteiger partial charge in [-0.1, -0.05) is 25.1 Å². The molecular formula is C21H33N3O3S. The van der Waals surface area contributed by atoms with Gasteiger partial charge in [-0.05, 0) is 69.8 Å². The summed E-state index contributed by atoms with van der Waals surface area (Å²) in [7, 11) is -3.53. The zero-order chi connectivity index (χ0) is 20.0. The molecule has 156 valence electrons. The maximum atomic E-state index is 12.8. The Morgan fingerprint density at radius 3 is 2.54 bits per heavy atom. The number of nitrogens with zero attached hydrogens (tertiary/aromatic N) is 2. The van der Waals surface area contributed by atoms with Crippen LogP contribution in [-0.2, 0) is 14.8 Å².